The van der Waals surface area contributed by atoms with E-state index in [0.717, 1.165) is 18.4 Å². The number of carboxylic acid groups (broad SMARTS) is 1. The van der Waals surface area contributed by atoms with E-state index in [1.54, 1.807) is 18.2 Å². The Morgan fingerprint density at radius 1 is 1.23 bits per heavy atom. The van der Waals surface area contributed by atoms with Gasteiger partial charge in [-0.05, 0) is 36.6 Å². The van der Waals surface area contributed by atoms with Crippen LogP contribution in [0.25, 0.3) is 0 Å². The third-order valence-corrected chi connectivity index (χ3v) is 4.96. The Balaban J connectivity index is 1.85. The third-order valence-electron chi connectivity index (χ3n) is 4.12. The molecule has 0 spiro atoms. The molecule has 1 N–H and O–H groups in total. The van der Waals surface area contributed by atoms with E-state index < -0.39 is 18.1 Å². The van der Waals surface area contributed by atoms with Crippen LogP contribution in [0.5, 0.6) is 0 Å². The van der Waals surface area contributed by atoms with Gasteiger partial charge in [-0.1, -0.05) is 57.9 Å². The van der Waals surface area contributed by atoms with E-state index in [4.69, 9.17) is 16.3 Å². The molecule has 0 heterocycles. The number of halogens is 2. The predicted octanol–water partition coefficient (Wildman–Crippen LogP) is 5.03. The summed E-state index contributed by atoms with van der Waals surface area (Å²) in [5.74, 6) is -1.14. The van der Waals surface area contributed by atoms with Gasteiger partial charge in [0.05, 0.1) is 0 Å². The number of rotatable bonds is 6. The first kappa shape index (κ1) is 18.7. The van der Waals surface area contributed by atoms with Crippen LogP contribution in [0.3, 0.4) is 0 Å². The maximum absolute atomic E-state index is 12.7. The number of hydrogen-bond donors (Lipinski definition) is 1. The van der Waals surface area contributed by atoms with Gasteiger partial charge in [-0.25, -0.2) is 9.59 Å². The van der Waals surface area contributed by atoms with Crippen molar-refractivity contribution in [3.05, 3.63) is 69.2 Å². The average Bonchev–Trinajstić information content (AvgIpc) is 3.45. The molecule has 2 aromatic carbocycles. The smallest absolute Gasteiger partial charge is 0.411 e. The zero-order valence-corrected chi connectivity index (χ0v) is 16.1. The molecule has 2 aromatic rings. The van der Waals surface area contributed by atoms with Gasteiger partial charge < -0.3 is 9.84 Å². The molecule has 3 rings (SSSR count). The van der Waals surface area contributed by atoms with Crippen molar-refractivity contribution in [1.29, 1.82) is 0 Å². The summed E-state index contributed by atoms with van der Waals surface area (Å²) in [6.45, 7) is 0.0848. The maximum atomic E-state index is 12.7. The van der Waals surface area contributed by atoms with Crippen molar-refractivity contribution in [3.8, 4) is 0 Å². The van der Waals surface area contributed by atoms with Crippen LogP contribution in [0.15, 0.2) is 53.0 Å². The maximum Gasteiger partial charge on any atom is 0.411 e. The van der Waals surface area contributed by atoms with Gasteiger partial charge >= 0.3 is 12.1 Å². The number of hydrogen-bond acceptors (Lipinski definition) is 3. The number of nitrogens with zero attached hydrogens (tertiary/aromatic N) is 1. The summed E-state index contributed by atoms with van der Waals surface area (Å²) in [4.78, 5) is 26.0. The van der Waals surface area contributed by atoms with Crippen LogP contribution in [0.2, 0.25) is 5.02 Å². The molecule has 1 aliphatic rings. The zero-order chi connectivity index (χ0) is 18.7. The van der Waals surface area contributed by atoms with Crippen LogP contribution in [0, 0.1) is 0 Å². The lowest BCUT2D eigenvalue weighted by Gasteiger charge is -2.29. The number of benzene rings is 2. The Kier molecular flexibility index (Phi) is 5.84. The fourth-order valence-electron chi connectivity index (χ4n) is 2.74. The molecule has 0 saturated heterocycles. The second kappa shape index (κ2) is 8.10. The fraction of sp³-hybridized carbons (Fsp3) is 0.263. The van der Waals surface area contributed by atoms with Gasteiger partial charge in [-0.15, -0.1) is 0 Å². The molecule has 0 radical (unpaired) electrons. The summed E-state index contributed by atoms with van der Waals surface area (Å²) in [5, 5.41) is 10.1. The van der Waals surface area contributed by atoms with Crippen LogP contribution in [0.4, 0.5) is 4.79 Å². The van der Waals surface area contributed by atoms with Crippen LogP contribution >= 0.6 is 27.5 Å². The van der Waals surface area contributed by atoms with Crippen LogP contribution in [-0.2, 0) is 16.1 Å². The average molecular weight is 439 g/mol. The number of carbonyl (C=O) groups excluding carboxylic acids is 1. The summed E-state index contributed by atoms with van der Waals surface area (Å²) in [6.07, 6.45) is 0.839. The van der Waals surface area contributed by atoms with Crippen molar-refractivity contribution in [2.24, 2.45) is 0 Å². The van der Waals surface area contributed by atoms with Crippen molar-refractivity contribution in [1.82, 2.24) is 4.90 Å². The topological polar surface area (TPSA) is 66.8 Å². The minimum Gasteiger partial charge on any atom is -0.479 e. The third kappa shape index (κ3) is 4.37. The molecule has 1 saturated carbocycles. The van der Waals surface area contributed by atoms with Crippen molar-refractivity contribution in [3.63, 3.8) is 0 Å². The Morgan fingerprint density at radius 3 is 2.54 bits per heavy atom. The zero-order valence-electron chi connectivity index (χ0n) is 13.8. The molecule has 1 fully saturated rings. The van der Waals surface area contributed by atoms with Crippen molar-refractivity contribution >= 4 is 39.6 Å². The molecule has 0 aromatic heterocycles. The minimum absolute atomic E-state index is 0.0848. The molecule has 26 heavy (non-hydrogen) atoms. The summed E-state index contributed by atoms with van der Waals surface area (Å²) in [6, 6.07) is 12.9. The van der Waals surface area contributed by atoms with Gasteiger partial charge in [0, 0.05) is 21.1 Å². The highest BCUT2D eigenvalue weighted by Gasteiger charge is 2.43. The van der Waals surface area contributed by atoms with E-state index in [0.29, 0.717) is 15.1 Å². The lowest BCUT2D eigenvalue weighted by atomic mass is 10.1. The van der Waals surface area contributed by atoms with Crippen LogP contribution in [-0.4, -0.2) is 28.1 Å². The van der Waals surface area contributed by atoms with Gasteiger partial charge in [0.15, 0.2) is 6.04 Å². The first-order chi connectivity index (χ1) is 12.5. The molecular weight excluding hydrogens is 422 g/mol. The second-order valence-corrected chi connectivity index (χ2v) is 7.41. The van der Waals surface area contributed by atoms with Crippen molar-refractivity contribution in [2.45, 2.75) is 31.5 Å². The summed E-state index contributed by atoms with van der Waals surface area (Å²) >= 11 is 9.55. The molecule has 1 atom stereocenters. The SMILES string of the molecule is O=C(O)C(c1cc(Br)ccc1Cl)N(C(=O)OCc1ccccc1)C1CC1. The normalized spacial score (nSPS) is 14.5. The van der Waals surface area contributed by atoms with Crippen LogP contribution in [0.1, 0.15) is 30.0 Å². The Hall–Kier alpha value is -2.05. The van der Waals surface area contributed by atoms with Crippen molar-refractivity contribution in [2.75, 3.05) is 0 Å². The lowest BCUT2D eigenvalue weighted by Crippen LogP contribution is -2.41. The minimum atomic E-state index is -1.20. The van der Waals surface area contributed by atoms with E-state index in [2.05, 4.69) is 15.9 Å². The monoisotopic (exact) mass is 437 g/mol. The molecule has 1 unspecified atom stereocenters. The van der Waals surface area contributed by atoms with E-state index in [1.165, 1.54) is 4.90 Å². The Morgan fingerprint density at radius 2 is 1.92 bits per heavy atom. The van der Waals surface area contributed by atoms with Crippen LogP contribution < -0.4 is 0 Å². The highest BCUT2D eigenvalue weighted by molar-refractivity contribution is 9.10. The van der Waals surface area contributed by atoms with Gasteiger partial charge in [0.1, 0.15) is 6.61 Å². The molecular formula is C19H17BrClNO4. The standard InChI is InChI=1S/C19H17BrClNO4/c20-13-6-9-16(21)15(10-13)17(18(23)24)22(14-7-8-14)19(25)26-11-12-4-2-1-3-5-12/h1-6,9-10,14,17H,7-8,11H2,(H,23,24). The van der Waals surface area contributed by atoms with E-state index in [1.807, 2.05) is 30.3 Å². The highest BCUT2D eigenvalue weighted by atomic mass is 79.9. The van der Waals surface area contributed by atoms with E-state index in [-0.39, 0.29) is 12.6 Å². The number of ether oxygens (including phenoxy) is 1. The fourth-order valence-corrected chi connectivity index (χ4v) is 3.34. The predicted molar refractivity (Wildman–Crippen MR) is 101 cm³/mol. The van der Waals surface area contributed by atoms with Gasteiger partial charge in [0.25, 0.3) is 0 Å². The molecule has 1 amide bonds. The molecule has 1 aliphatic carbocycles. The first-order valence-corrected chi connectivity index (χ1v) is 9.31. The second-order valence-electron chi connectivity index (χ2n) is 6.09. The lowest BCUT2D eigenvalue weighted by molar-refractivity contribution is -0.143. The molecule has 136 valence electrons. The summed E-state index contributed by atoms with van der Waals surface area (Å²) < 4.78 is 6.07. The highest BCUT2D eigenvalue weighted by Crippen LogP contribution is 2.38. The number of amides is 1. The molecule has 0 bridgehead atoms. The quantitative estimate of drug-likeness (QED) is 0.687. The molecule has 5 nitrogen and oxygen atoms in total. The van der Waals surface area contributed by atoms with E-state index >= 15 is 0 Å². The number of aliphatic carboxylic acids is 1. The Labute approximate surface area is 164 Å². The molecule has 0 aliphatic heterocycles. The van der Waals surface area contributed by atoms with Gasteiger partial charge in [-0.3, -0.25) is 4.90 Å². The van der Waals surface area contributed by atoms with Gasteiger partial charge in [-0.2, -0.15) is 0 Å². The number of carboxylic acids is 1. The van der Waals surface area contributed by atoms with E-state index in [9.17, 15) is 14.7 Å². The van der Waals surface area contributed by atoms with Crippen molar-refractivity contribution < 1.29 is 19.4 Å². The first-order valence-electron chi connectivity index (χ1n) is 8.14. The Bertz CT molecular complexity index is 810. The summed E-state index contributed by atoms with van der Waals surface area (Å²) in [5.41, 5.74) is 1.20. The summed E-state index contributed by atoms with van der Waals surface area (Å²) in [7, 11) is 0. The number of carbonyl (C=O) groups is 2. The molecule has 7 heteroatoms. The van der Waals surface area contributed by atoms with Gasteiger partial charge in [0.2, 0.25) is 0 Å². The largest absolute Gasteiger partial charge is 0.479 e.